The number of ether oxygens (including phenoxy) is 5. The molecule has 0 fully saturated rings. The highest BCUT2D eigenvalue weighted by Gasteiger charge is 2.20. The van der Waals surface area contributed by atoms with Gasteiger partial charge in [0, 0.05) is 13.0 Å². The van der Waals surface area contributed by atoms with Crippen LogP contribution in [-0.2, 0) is 4.79 Å². The van der Waals surface area contributed by atoms with Crippen LogP contribution in [0.15, 0.2) is 59.7 Å². The van der Waals surface area contributed by atoms with Gasteiger partial charge < -0.3 is 29.0 Å². The van der Waals surface area contributed by atoms with Crippen LogP contribution in [0.4, 0.5) is 0 Å². The standard InChI is InChI=1S/C30H32ClN3O8/c1-5-41-24-15-19(18-33-34-27(35)11-8-14-32-29(36)21-9-6-7-10-22(21)31)12-13-23(24)42-30(37)20-16-25(38-2)28(40-4)26(17-20)39-3/h6-7,9-10,12-13,15-18H,5,8,11,14H2,1-4H3,(H,32,36)(H,34,35)/b33-18+. The van der Waals surface area contributed by atoms with E-state index in [1.807, 2.05) is 0 Å². The maximum Gasteiger partial charge on any atom is 0.343 e. The monoisotopic (exact) mass is 597 g/mol. The molecule has 3 aromatic rings. The van der Waals surface area contributed by atoms with Crippen LogP contribution < -0.4 is 34.4 Å². The van der Waals surface area contributed by atoms with Crippen LogP contribution >= 0.6 is 11.6 Å². The summed E-state index contributed by atoms with van der Waals surface area (Å²) in [6.07, 6.45) is 2.00. The first-order valence-corrected chi connectivity index (χ1v) is 13.3. The number of hydrogen-bond donors (Lipinski definition) is 2. The molecule has 11 nitrogen and oxygen atoms in total. The van der Waals surface area contributed by atoms with Crippen molar-refractivity contribution in [2.24, 2.45) is 5.10 Å². The lowest BCUT2D eigenvalue weighted by Crippen LogP contribution is -2.26. The molecule has 0 atom stereocenters. The number of benzene rings is 3. The zero-order chi connectivity index (χ0) is 30.5. The molecule has 0 aliphatic rings. The molecule has 42 heavy (non-hydrogen) atoms. The summed E-state index contributed by atoms with van der Waals surface area (Å²) in [5.74, 6) is 0.183. The van der Waals surface area contributed by atoms with Crippen LogP contribution in [0.3, 0.4) is 0 Å². The minimum absolute atomic E-state index is 0.153. The van der Waals surface area contributed by atoms with E-state index in [2.05, 4.69) is 15.8 Å². The molecule has 0 radical (unpaired) electrons. The molecule has 0 saturated carbocycles. The molecule has 0 aliphatic carbocycles. The van der Waals surface area contributed by atoms with Crippen molar-refractivity contribution >= 4 is 35.6 Å². The van der Waals surface area contributed by atoms with E-state index in [0.717, 1.165) is 0 Å². The molecule has 2 amide bonds. The van der Waals surface area contributed by atoms with E-state index in [0.29, 0.717) is 58.7 Å². The van der Waals surface area contributed by atoms with Crippen LogP contribution in [0.25, 0.3) is 0 Å². The Kier molecular flexibility index (Phi) is 12.0. The van der Waals surface area contributed by atoms with Gasteiger partial charge >= 0.3 is 5.97 Å². The number of rotatable bonds is 14. The van der Waals surface area contributed by atoms with Crippen molar-refractivity contribution in [1.29, 1.82) is 0 Å². The van der Waals surface area contributed by atoms with Crippen molar-refractivity contribution in [3.05, 3.63) is 76.3 Å². The molecule has 0 unspecified atom stereocenters. The molecule has 0 heterocycles. The first-order chi connectivity index (χ1) is 20.3. The minimum atomic E-state index is -0.660. The van der Waals surface area contributed by atoms with E-state index < -0.39 is 5.97 Å². The summed E-state index contributed by atoms with van der Waals surface area (Å²) < 4.78 is 27.2. The average molecular weight is 598 g/mol. The second-order valence-corrected chi connectivity index (χ2v) is 8.98. The van der Waals surface area contributed by atoms with Gasteiger partial charge in [-0.25, -0.2) is 10.2 Å². The number of hydrazone groups is 1. The number of nitrogens with zero attached hydrogens (tertiary/aromatic N) is 1. The Labute approximate surface area is 248 Å². The summed E-state index contributed by atoms with van der Waals surface area (Å²) >= 11 is 6.02. The fourth-order valence-corrected chi connectivity index (χ4v) is 3.96. The highest BCUT2D eigenvalue weighted by Crippen LogP contribution is 2.39. The van der Waals surface area contributed by atoms with Gasteiger partial charge in [-0.2, -0.15) is 5.10 Å². The zero-order valence-electron chi connectivity index (χ0n) is 23.7. The highest BCUT2D eigenvalue weighted by molar-refractivity contribution is 6.33. The number of nitrogens with one attached hydrogen (secondary N) is 2. The van der Waals surface area contributed by atoms with E-state index in [4.69, 9.17) is 35.3 Å². The molecule has 0 saturated heterocycles. The topological polar surface area (TPSA) is 134 Å². The highest BCUT2D eigenvalue weighted by atomic mass is 35.5. The van der Waals surface area contributed by atoms with Crippen LogP contribution in [0.5, 0.6) is 28.7 Å². The van der Waals surface area contributed by atoms with Gasteiger partial charge in [0.2, 0.25) is 11.7 Å². The molecule has 12 heteroatoms. The molecule has 0 bridgehead atoms. The molecule has 3 rings (SSSR count). The Bertz CT molecular complexity index is 1420. The molecular weight excluding hydrogens is 566 g/mol. The quantitative estimate of drug-likeness (QED) is 0.0902. The molecule has 0 aromatic heterocycles. The number of carbonyl (C=O) groups is 3. The molecular formula is C30H32ClN3O8. The zero-order valence-corrected chi connectivity index (χ0v) is 24.4. The predicted octanol–water partition coefficient (Wildman–Crippen LogP) is 4.64. The van der Waals surface area contributed by atoms with Crippen molar-refractivity contribution in [3.63, 3.8) is 0 Å². The maximum absolute atomic E-state index is 12.9. The van der Waals surface area contributed by atoms with Gasteiger partial charge in [-0.3, -0.25) is 9.59 Å². The molecule has 0 aliphatic heterocycles. The summed E-state index contributed by atoms with van der Waals surface area (Å²) in [5.41, 5.74) is 3.60. The van der Waals surface area contributed by atoms with E-state index in [1.165, 1.54) is 39.7 Å². The SMILES string of the molecule is CCOc1cc(/C=N/NC(=O)CCCNC(=O)c2ccccc2Cl)ccc1OC(=O)c1cc(OC)c(OC)c(OC)c1. The van der Waals surface area contributed by atoms with Crippen molar-refractivity contribution in [2.75, 3.05) is 34.5 Å². The number of esters is 1. The molecule has 0 spiro atoms. The van der Waals surface area contributed by atoms with Gasteiger partial charge in [-0.1, -0.05) is 23.7 Å². The van der Waals surface area contributed by atoms with E-state index in [-0.39, 0.29) is 29.5 Å². The van der Waals surface area contributed by atoms with Gasteiger partial charge in [0.1, 0.15) is 0 Å². The van der Waals surface area contributed by atoms with Crippen molar-refractivity contribution in [1.82, 2.24) is 10.7 Å². The third-order valence-electron chi connectivity index (χ3n) is 5.76. The smallest absolute Gasteiger partial charge is 0.343 e. The lowest BCUT2D eigenvalue weighted by atomic mass is 10.1. The Hall–Kier alpha value is -4.77. The van der Waals surface area contributed by atoms with Gasteiger partial charge in [-0.15, -0.1) is 0 Å². The maximum atomic E-state index is 12.9. The fourth-order valence-electron chi connectivity index (χ4n) is 3.74. The first-order valence-electron chi connectivity index (χ1n) is 12.9. The second-order valence-electron chi connectivity index (χ2n) is 8.58. The molecule has 3 aromatic carbocycles. The van der Waals surface area contributed by atoms with Crippen LogP contribution in [0.2, 0.25) is 5.02 Å². The van der Waals surface area contributed by atoms with E-state index in [9.17, 15) is 14.4 Å². The number of methoxy groups -OCH3 is 3. The summed E-state index contributed by atoms with van der Waals surface area (Å²) in [4.78, 5) is 37.3. The summed E-state index contributed by atoms with van der Waals surface area (Å²) in [6, 6.07) is 14.5. The summed E-state index contributed by atoms with van der Waals surface area (Å²) in [5, 5.41) is 7.07. The number of halogens is 1. The normalized spacial score (nSPS) is 10.6. The number of carbonyl (C=O) groups excluding carboxylic acids is 3. The second kappa shape index (κ2) is 15.9. The van der Waals surface area contributed by atoms with Gasteiger partial charge in [0.25, 0.3) is 5.91 Å². The number of amides is 2. The first kappa shape index (κ1) is 31.8. The average Bonchev–Trinajstić information content (AvgIpc) is 2.99. The van der Waals surface area contributed by atoms with E-state index >= 15 is 0 Å². The lowest BCUT2D eigenvalue weighted by Gasteiger charge is -2.15. The molecule has 222 valence electrons. The van der Waals surface area contributed by atoms with Crippen LogP contribution in [-0.4, -0.2) is 58.5 Å². The summed E-state index contributed by atoms with van der Waals surface area (Å²) in [6.45, 7) is 2.41. The lowest BCUT2D eigenvalue weighted by molar-refractivity contribution is -0.121. The molecule has 2 N–H and O–H groups in total. The van der Waals surface area contributed by atoms with Gasteiger partial charge in [0.05, 0.1) is 50.3 Å². The third-order valence-corrected chi connectivity index (χ3v) is 6.09. The van der Waals surface area contributed by atoms with Crippen LogP contribution in [0, 0.1) is 0 Å². The van der Waals surface area contributed by atoms with Crippen molar-refractivity contribution in [3.8, 4) is 28.7 Å². The van der Waals surface area contributed by atoms with Gasteiger partial charge in [-0.05, 0) is 61.4 Å². The Morgan fingerprint density at radius 2 is 1.62 bits per heavy atom. The van der Waals surface area contributed by atoms with E-state index in [1.54, 1.807) is 49.4 Å². The van der Waals surface area contributed by atoms with Gasteiger partial charge in [0.15, 0.2) is 23.0 Å². The van der Waals surface area contributed by atoms with Crippen molar-refractivity contribution < 1.29 is 38.1 Å². The van der Waals surface area contributed by atoms with Crippen LogP contribution in [0.1, 0.15) is 46.0 Å². The fraction of sp³-hybridized carbons (Fsp3) is 0.267. The minimum Gasteiger partial charge on any atom is -0.493 e. The largest absolute Gasteiger partial charge is 0.493 e. The Morgan fingerprint density at radius 3 is 2.26 bits per heavy atom. The van der Waals surface area contributed by atoms with Crippen molar-refractivity contribution in [2.45, 2.75) is 19.8 Å². The predicted molar refractivity (Wildman–Crippen MR) is 157 cm³/mol. The Morgan fingerprint density at radius 1 is 0.905 bits per heavy atom. The summed E-state index contributed by atoms with van der Waals surface area (Å²) in [7, 11) is 4.37. The third kappa shape index (κ3) is 8.61. The number of hydrogen-bond acceptors (Lipinski definition) is 9. The Balaban J connectivity index is 1.56.